The number of benzene rings is 2. The second-order valence-electron chi connectivity index (χ2n) is 7.75. The van der Waals surface area contributed by atoms with Crippen molar-refractivity contribution >= 4 is 5.95 Å². The highest BCUT2D eigenvalue weighted by Gasteiger charge is 2.24. The lowest BCUT2D eigenvalue weighted by Gasteiger charge is -2.32. The van der Waals surface area contributed by atoms with Crippen LogP contribution in [-0.4, -0.2) is 33.9 Å². The summed E-state index contributed by atoms with van der Waals surface area (Å²) in [4.78, 5) is 24.5. The van der Waals surface area contributed by atoms with Crippen molar-refractivity contribution in [1.82, 2.24) is 9.55 Å². The van der Waals surface area contributed by atoms with Crippen molar-refractivity contribution in [3.8, 4) is 34.2 Å². The number of rotatable bonds is 4. The fourth-order valence-electron chi connectivity index (χ4n) is 3.88. The van der Waals surface area contributed by atoms with Crippen LogP contribution in [0.3, 0.4) is 0 Å². The van der Waals surface area contributed by atoms with Crippen LogP contribution in [0.4, 0.5) is 10.3 Å². The molecule has 9 heteroatoms. The molecule has 0 aliphatic carbocycles. The van der Waals surface area contributed by atoms with Crippen LogP contribution in [0, 0.1) is 17.1 Å². The third kappa shape index (κ3) is 3.93. The number of anilines is 1. The van der Waals surface area contributed by atoms with Crippen molar-refractivity contribution in [3.63, 3.8) is 0 Å². The van der Waals surface area contributed by atoms with E-state index in [4.69, 9.17) is 21.2 Å². The smallest absolute Gasteiger partial charge is 0.263 e. The Labute approximate surface area is 183 Å². The molecule has 1 saturated heterocycles. The molecule has 0 atom stereocenters. The average molecular weight is 435 g/mol. The maximum atomic E-state index is 14.4. The first-order valence-corrected chi connectivity index (χ1v) is 10.2. The number of halogens is 1. The molecule has 3 N–H and O–H groups in total. The van der Waals surface area contributed by atoms with E-state index < -0.39 is 5.82 Å². The zero-order valence-corrected chi connectivity index (χ0v) is 17.5. The number of nitrogens with zero attached hydrogens (tertiary/aromatic N) is 4. The van der Waals surface area contributed by atoms with Gasteiger partial charge in [0, 0.05) is 31.7 Å². The molecule has 0 unspecified atom stereocenters. The number of nitrogens with two attached hydrogens (primary N) is 1. The van der Waals surface area contributed by atoms with Crippen LogP contribution in [0.2, 0.25) is 0 Å². The Bertz CT molecular complexity index is 1240. The summed E-state index contributed by atoms with van der Waals surface area (Å²) in [6, 6.07) is 12.3. The summed E-state index contributed by atoms with van der Waals surface area (Å²) in [5.74, 6) is -0.000502. The molecule has 0 spiro atoms. The number of aromatic nitrogens is 2. The largest absolute Gasteiger partial charge is 0.342 e. The van der Waals surface area contributed by atoms with E-state index in [1.54, 1.807) is 31.3 Å². The molecule has 164 valence electrons. The van der Waals surface area contributed by atoms with E-state index in [9.17, 15) is 9.18 Å². The third-order valence-corrected chi connectivity index (χ3v) is 5.70. The van der Waals surface area contributed by atoms with Crippen LogP contribution >= 0.6 is 0 Å². The highest BCUT2D eigenvalue weighted by molar-refractivity contribution is 5.81. The number of piperidine rings is 1. The average Bonchev–Trinajstić information content (AvgIpc) is 2.81. The number of hydrogen-bond acceptors (Lipinski definition) is 7. The van der Waals surface area contributed by atoms with Gasteiger partial charge in [0.25, 0.3) is 5.56 Å². The maximum absolute atomic E-state index is 14.4. The van der Waals surface area contributed by atoms with Crippen LogP contribution < -0.4 is 21.1 Å². The molecule has 32 heavy (non-hydrogen) atoms. The summed E-state index contributed by atoms with van der Waals surface area (Å²) in [6.45, 7) is 1.31. The van der Waals surface area contributed by atoms with Gasteiger partial charge in [-0.3, -0.25) is 9.36 Å². The molecule has 8 nitrogen and oxygen atoms in total. The first kappa shape index (κ1) is 21.5. The lowest BCUT2D eigenvalue weighted by molar-refractivity contribution is -0.137. The lowest BCUT2D eigenvalue weighted by Crippen LogP contribution is -2.42. The summed E-state index contributed by atoms with van der Waals surface area (Å²) < 4.78 is 15.9. The van der Waals surface area contributed by atoms with Crippen LogP contribution in [0.25, 0.3) is 22.4 Å². The van der Waals surface area contributed by atoms with E-state index in [0.717, 1.165) is 12.8 Å². The summed E-state index contributed by atoms with van der Waals surface area (Å²) >= 11 is 0. The lowest BCUT2D eigenvalue weighted by atomic mass is 9.99. The summed E-state index contributed by atoms with van der Waals surface area (Å²) in [6.07, 6.45) is 1.56. The molecule has 4 rings (SSSR count). The molecular weight excluding hydrogens is 413 g/mol. The quantitative estimate of drug-likeness (QED) is 0.478. The normalized spacial score (nSPS) is 14.3. The predicted molar refractivity (Wildman–Crippen MR) is 118 cm³/mol. The minimum atomic E-state index is -0.687. The van der Waals surface area contributed by atoms with Crippen molar-refractivity contribution < 1.29 is 14.5 Å². The molecule has 0 amide bonds. The van der Waals surface area contributed by atoms with Crippen LogP contribution in [0.15, 0.2) is 47.3 Å². The molecule has 0 radical (unpaired) electrons. The monoisotopic (exact) mass is 435 g/mol. The first-order chi connectivity index (χ1) is 15.4. The van der Waals surface area contributed by atoms with Crippen molar-refractivity contribution in [2.45, 2.75) is 18.9 Å². The van der Waals surface area contributed by atoms with Gasteiger partial charge in [-0.05, 0) is 42.7 Å². The van der Waals surface area contributed by atoms with E-state index in [0.29, 0.717) is 35.9 Å². The predicted octanol–water partition coefficient (Wildman–Crippen LogP) is 2.90. The topological polar surface area (TPSA) is 117 Å². The zero-order valence-electron chi connectivity index (χ0n) is 17.5. The SMILES string of the molecule is Cn1c(N2CCC(N)CC2)nc(-c2ccc(C#N)c(F)c2)c(-c2ccc(OO)cc2)c1=O. The standard InChI is InChI=1S/C23H22FN5O3/c1-28-22(30)20(14-4-6-18(32-31)7-5-14)21(15-2-3-16(13-25)19(24)12-15)27-23(28)29-10-8-17(26)9-11-29/h2-7,12,17,31H,8-11,26H2,1H3. The molecule has 1 fully saturated rings. The second kappa shape index (κ2) is 8.78. The second-order valence-corrected chi connectivity index (χ2v) is 7.75. The van der Waals surface area contributed by atoms with Crippen LogP contribution in [0.1, 0.15) is 18.4 Å². The van der Waals surface area contributed by atoms with Gasteiger partial charge in [-0.15, -0.1) is 0 Å². The summed E-state index contributed by atoms with van der Waals surface area (Å²) in [7, 11) is 1.65. The Morgan fingerprint density at radius 3 is 2.44 bits per heavy atom. The Morgan fingerprint density at radius 2 is 1.84 bits per heavy atom. The van der Waals surface area contributed by atoms with Crippen molar-refractivity contribution in [1.29, 1.82) is 5.26 Å². The van der Waals surface area contributed by atoms with Gasteiger partial charge in [0.2, 0.25) is 5.95 Å². The number of hydrogen-bond donors (Lipinski definition) is 2. The van der Waals surface area contributed by atoms with Gasteiger partial charge in [-0.2, -0.15) is 5.26 Å². The third-order valence-electron chi connectivity index (χ3n) is 5.70. The Balaban J connectivity index is 1.93. The molecule has 2 aromatic carbocycles. The Kier molecular flexibility index (Phi) is 5.90. The Morgan fingerprint density at radius 1 is 1.19 bits per heavy atom. The molecule has 1 aliphatic rings. The van der Waals surface area contributed by atoms with E-state index in [2.05, 4.69) is 4.89 Å². The van der Waals surface area contributed by atoms with Crippen molar-refractivity contribution in [2.75, 3.05) is 18.0 Å². The molecule has 0 saturated carbocycles. The van der Waals surface area contributed by atoms with Gasteiger partial charge < -0.3 is 15.5 Å². The van der Waals surface area contributed by atoms with Crippen LogP contribution in [0.5, 0.6) is 5.75 Å². The van der Waals surface area contributed by atoms with E-state index >= 15 is 0 Å². The first-order valence-electron chi connectivity index (χ1n) is 10.2. The fraction of sp³-hybridized carbons (Fsp3) is 0.261. The fourth-order valence-corrected chi connectivity index (χ4v) is 3.88. The molecule has 1 aromatic heterocycles. The van der Waals surface area contributed by atoms with Gasteiger partial charge in [0.05, 0.1) is 16.8 Å². The van der Waals surface area contributed by atoms with Crippen molar-refractivity contribution in [3.05, 3.63) is 64.2 Å². The molecule has 2 heterocycles. The molecule has 1 aliphatic heterocycles. The maximum Gasteiger partial charge on any atom is 0.263 e. The highest BCUT2D eigenvalue weighted by atomic mass is 19.1. The highest BCUT2D eigenvalue weighted by Crippen LogP contribution is 2.32. The minimum absolute atomic E-state index is 0.0891. The van der Waals surface area contributed by atoms with Gasteiger partial charge in [-0.25, -0.2) is 14.6 Å². The van der Waals surface area contributed by atoms with Gasteiger partial charge in [-0.1, -0.05) is 18.2 Å². The summed E-state index contributed by atoms with van der Waals surface area (Å²) in [5, 5.41) is 17.9. The summed E-state index contributed by atoms with van der Waals surface area (Å²) in [5.41, 5.74) is 7.12. The van der Waals surface area contributed by atoms with Gasteiger partial charge in [0.15, 0.2) is 5.75 Å². The number of nitriles is 1. The van der Waals surface area contributed by atoms with Gasteiger partial charge in [0.1, 0.15) is 11.9 Å². The molecule has 3 aromatic rings. The Hall–Kier alpha value is -3.74. The molecular formula is C23H22FN5O3. The van der Waals surface area contributed by atoms with Crippen LogP contribution in [-0.2, 0) is 7.05 Å². The zero-order chi connectivity index (χ0) is 22.8. The van der Waals surface area contributed by atoms with E-state index in [1.807, 2.05) is 4.90 Å². The van der Waals surface area contributed by atoms with Gasteiger partial charge >= 0.3 is 0 Å². The molecule has 0 bridgehead atoms. The van der Waals surface area contributed by atoms with E-state index in [1.165, 1.54) is 28.8 Å². The van der Waals surface area contributed by atoms with Crippen molar-refractivity contribution in [2.24, 2.45) is 12.8 Å². The minimum Gasteiger partial charge on any atom is -0.342 e. The van der Waals surface area contributed by atoms with E-state index in [-0.39, 0.29) is 28.5 Å².